The molecule has 0 spiro atoms. The molecular weight excluding hydrogens is 392 g/mol. The van der Waals surface area contributed by atoms with Crippen LogP contribution in [-0.4, -0.2) is 42.4 Å². The van der Waals surface area contributed by atoms with Crippen LogP contribution in [0.2, 0.25) is 0 Å². The molecule has 1 aliphatic heterocycles. The van der Waals surface area contributed by atoms with Gasteiger partial charge in [0, 0.05) is 37.6 Å². The second-order valence-electron chi connectivity index (χ2n) is 7.57. The zero-order chi connectivity index (χ0) is 21.0. The third-order valence-electron chi connectivity index (χ3n) is 5.55. The van der Waals surface area contributed by atoms with Gasteiger partial charge in [-0.1, -0.05) is 18.9 Å². The molecule has 1 fully saturated rings. The minimum atomic E-state index is -3.88. The Labute approximate surface area is 171 Å². The van der Waals surface area contributed by atoms with Crippen molar-refractivity contribution in [3.63, 3.8) is 0 Å². The van der Waals surface area contributed by atoms with Gasteiger partial charge in [-0.2, -0.15) is 0 Å². The summed E-state index contributed by atoms with van der Waals surface area (Å²) >= 11 is 0. The Hall–Kier alpha value is -2.23. The molecule has 1 unspecified atom stereocenters. The predicted octanol–water partition coefficient (Wildman–Crippen LogP) is 3.14. The van der Waals surface area contributed by atoms with E-state index >= 15 is 0 Å². The molecule has 158 valence electrons. The van der Waals surface area contributed by atoms with Crippen molar-refractivity contribution < 1.29 is 13.3 Å². The van der Waals surface area contributed by atoms with Gasteiger partial charge in [-0.15, -0.1) is 0 Å². The highest BCUT2D eigenvalue weighted by Crippen LogP contribution is 2.26. The summed E-state index contributed by atoms with van der Waals surface area (Å²) in [4.78, 5) is 12.8. The van der Waals surface area contributed by atoms with Crippen molar-refractivity contribution in [2.24, 2.45) is 7.05 Å². The monoisotopic (exact) mass is 420 g/mol. The van der Waals surface area contributed by atoms with E-state index in [1.54, 1.807) is 6.92 Å². The summed E-state index contributed by atoms with van der Waals surface area (Å²) < 4.78 is 30.7. The fourth-order valence-corrected chi connectivity index (χ4v) is 5.21. The molecule has 1 atom stereocenters. The topological polar surface area (TPSA) is 97.5 Å². The van der Waals surface area contributed by atoms with E-state index in [0.717, 1.165) is 37.7 Å². The van der Waals surface area contributed by atoms with Crippen LogP contribution in [0.15, 0.2) is 41.4 Å². The van der Waals surface area contributed by atoms with Crippen LogP contribution in [0.4, 0.5) is 5.69 Å². The number of sulfonamides is 1. The van der Waals surface area contributed by atoms with Gasteiger partial charge in [0.05, 0.1) is 15.9 Å². The molecule has 1 N–H and O–H groups in total. The second kappa shape index (κ2) is 9.06. The van der Waals surface area contributed by atoms with E-state index in [2.05, 4.69) is 9.62 Å². The molecule has 2 aromatic rings. The molecule has 1 aromatic heterocycles. The maximum absolute atomic E-state index is 13.0. The number of benzene rings is 1. The molecular formula is C20H28N4O4S. The molecule has 1 aliphatic rings. The molecule has 9 heteroatoms. The summed E-state index contributed by atoms with van der Waals surface area (Å²) in [5.41, 5.74) is 1.29. The normalized spacial score (nSPS) is 17.0. The van der Waals surface area contributed by atoms with Crippen LogP contribution in [0.3, 0.4) is 0 Å². The maximum Gasteiger partial charge on any atom is 0.270 e. The summed E-state index contributed by atoms with van der Waals surface area (Å²) in [6.45, 7) is 3.70. The molecule has 0 radical (unpaired) electrons. The highest BCUT2D eigenvalue weighted by Gasteiger charge is 2.27. The van der Waals surface area contributed by atoms with E-state index in [1.807, 2.05) is 29.9 Å². The van der Waals surface area contributed by atoms with Crippen LogP contribution in [0, 0.1) is 17.0 Å². The van der Waals surface area contributed by atoms with Crippen molar-refractivity contribution in [2.75, 3.05) is 19.6 Å². The Morgan fingerprint density at radius 2 is 1.86 bits per heavy atom. The van der Waals surface area contributed by atoms with E-state index in [1.165, 1.54) is 25.0 Å². The number of likely N-dealkylation sites (tertiary alicyclic amines) is 1. The van der Waals surface area contributed by atoms with Crippen LogP contribution < -0.4 is 4.72 Å². The Morgan fingerprint density at radius 3 is 2.45 bits per heavy atom. The molecule has 2 heterocycles. The lowest BCUT2D eigenvalue weighted by molar-refractivity contribution is -0.385. The van der Waals surface area contributed by atoms with Crippen molar-refractivity contribution in [3.05, 3.63) is 57.9 Å². The fraction of sp³-hybridized carbons (Fsp3) is 0.500. The minimum Gasteiger partial charge on any atom is -0.353 e. The lowest BCUT2D eigenvalue weighted by Gasteiger charge is -2.31. The van der Waals surface area contributed by atoms with Crippen molar-refractivity contribution in [2.45, 2.75) is 43.5 Å². The SMILES string of the molecule is Cc1ccc([N+](=O)[O-])cc1S(=O)(=O)NCC(c1cccn1C)N1CCCCCC1. The number of rotatable bonds is 7. The summed E-state index contributed by atoms with van der Waals surface area (Å²) in [5.74, 6) is 0. The first-order valence-electron chi connectivity index (χ1n) is 9.89. The van der Waals surface area contributed by atoms with E-state index in [-0.39, 0.29) is 23.2 Å². The fourth-order valence-electron chi connectivity index (χ4n) is 3.91. The average Bonchev–Trinajstić information content (AvgIpc) is 2.92. The standard InChI is InChI=1S/C20H28N4O4S/c1-16-9-10-17(24(25)26)14-20(16)29(27,28)21-15-19(18-8-7-11-22(18)2)23-12-5-3-4-6-13-23/h7-11,14,19,21H,3-6,12-13,15H2,1-2H3. The molecule has 0 saturated carbocycles. The molecule has 0 aliphatic carbocycles. The maximum atomic E-state index is 13.0. The quantitative estimate of drug-likeness (QED) is 0.548. The first kappa shape index (κ1) is 21.5. The number of non-ortho nitro benzene ring substituents is 1. The Morgan fingerprint density at radius 1 is 1.17 bits per heavy atom. The highest BCUT2D eigenvalue weighted by atomic mass is 32.2. The number of aryl methyl sites for hydroxylation is 2. The Bertz CT molecular complexity index is 963. The lowest BCUT2D eigenvalue weighted by Crippen LogP contribution is -2.39. The summed E-state index contributed by atoms with van der Waals surface area (Å²) in [7, 11) is -1.93. The number of nitrogens with one attached hydrogen (secondary N) is 1. The summed E-state index contributed by atoms with van der Waals surface area (Å²) in [5, 5.41) is 11.1. The van der Waals surface area contributed by atoms with Crippen LogP contribution >= 0.6 is 0 Å². The molecule has 8 nitrogen and oxygen atoms in total. The van der Waals surface area contributed by atoms with Crippen molar-refractivity contribution in [3.8, 4) is 0 Å². The average molecular weight is 421 g/mol. The predicted molar refractivity (Wildman–Crippen MR) is 111 cm³/mol. The number of hydrogen-bond donors (Lipinski definition) is 1. The van der Waals surface area contributed by atoms with Gasteiger partial charge in [0.25, 0.3) is 5.69 Å². The smallest absolute Gasteiger partial charge is 0.270 e. The van der Waals surface area contributed by atoms with E-state index < -0.39 is 14.9 Å². The van der Waals surface area contributed by atoms with Crippen LogP contribution in [0.5, 0.6) is 0 Å². The Kier molecular flexibility index (Phi) is 6.71. The van der Waals surface area contributed by atoms with E-state index in [9.17, 15) is 18.5 Å². The number of hydrogen-bond acceptors (Lipinski definition) is 5. The molecule has 0 bridgehead atoms. The molecule has 0 amide bonds. The van der Waals surface area contributed by atoms with E-state index in [4.69, 9.17) is 0 Å². The van der Waals surface area contributed by atoms with Crippen LogP contribution in [-0.2, 0) is 17.1 Å². The molecule has 1 aromatic carbocycles. The summed E-state index contributed by atoms with van der Waals surface area (Å²) in [6.07, 6.45) is 6.53. The molecule has 1 saturated heterocycles. The number of nitrogens with zero attached hydrogens (tertiary/aromatic N) is 3. The zero-order valence-electron chi connectivity index (χ0n) is 16.9. The van der Waals surface area contributed by atoms with Crippen LogP contribution in [0.25, 0.3) is 0 Å². The van der Waals surface area contributed by atoms with Crippen molar-refractivity contribution >= 4 is 15.7 Å². The lowest BCUT2D eigenvalue weighted by atomic mass is 10.1. The van der Waals surface area contributed by atoms with Gasteiger partial charge in [0.15, 0.2) is 0 Å². The Balaban J connectivity index is 1.86. The third-order valence-corrected chi connectivity index (χ3v) is 7.11. The first-order chi connectivity index (χ1) is 13.8. The zero-order valence-corrected chi connectivity index (χ0v) is 17.7. The van der Waals surface area contributed by atoms with Gasteiger partial charge < -0.3 is 4.57 Å². The van der Waals surface area contributed by atoms with Gasteiger partial charge in [-0.05, 0) is 50.6 Å². The third kappa shape index (κ3) is 5.04. The largest absolute Gasteiger partial charge is 0.353 e. The first-order valence-corrected chi connectivity index (χ1v) is 11.4. The number of nitro groups is 1. The molecule has 3 rings (SSSR count). The van der Waals surface area contributed by atoms with Gasteiger partial charge in [0.1, 0.15) is 0 Å². The summed E-state index contributed by atoms with van der Waals surface area (Å²) in [6, 6.07) is 7.79. The second-order valence-corrected chi connectivity index (χ2v) is 9.30. The van der Waals surface area contributed by atoms with Crippen LogP contribution in [0.1, 0.15) is 43.0 Å². The van der Waals surface area contributed by atoms with E-state index in [0.29, 0.717) is 5.56 Å². The molecule has 29 heavy (non-hydrogen) atoms. The van der Waals surface area contributed by atoms with Gasteiger partial charge >= 0.3 is 0 Å². The minimum absolute atomic E-state index is 0.0480. The number of aromatic nitrogens is 1. The van der Waals surface area contributed by atoms with Gasteiger partial charge in [-0.25, -0.2) is 13.1 Å². The van der Waals surface area contributed by atoms with Gasteiger partial charge in [-0.3, -0.25) is 15.0 Å². The number of nitro benzene ring substituents is 1. The van der Waals surface area contributed by atoms with Gasteiger partial charge in [0.2, 0.25) is 10.0 Å². The highest BCUT2D eigenvalue weighted by molar-refractivity contribution is 7.89. The van der Waals surface area contributed by atoms with Crippen molar-refractivity contribution in [1.82, 2.24) is 14.2 Å². The van der Waals surface area contributed by atoms with Crippen molar-refractivity contribution in [1.29, 1.82) is 0 Å².